The Morgan fingerprint density at radius 3 is 2.23 bits per heavy atom. The van der Waals surface area contributed by atoms with Gasteiger partial charge in [-0.1, -0.05) is 53.6 Å². The molecule has 0 bridgehead atoms. The highest BCUT2D eigenvalue weighted by Crippen LogP contribution is 2.51. The number of ketones is 1. The number of hydrogen-bond donors (Lipinski definition) is 2. The molecule has 5 rings (SSSR count). The van der Waals surface area contributed by atoms with Gasteiger partial charge in [-0.25, -0.2) is 0 Å². The zero-order valence-corrected chi connectivity index (χ0v) is 23.6. The Morgan fingerprint density at radius 1 is 0.975 bits per heavy atom. The molecule has 3 aromatic carbocycles. The number of ether oxygens (including phenoxy) is 3. The summed E-state index contributed by atoms with van der Waals surface area (Å²) < 4.78 is 16.8. The highest BCUT2D eigenvalue weighted by molar-refractivity contribution is 6.34. The summed E-state index contributed by atoms with van der Waals surface area (Å²) in [4.78, 5) is 15.5. The predicted octanol–water partition coefficient (Wildman–Crippen LogP) is 7.23. The summed E-state index contributed by atoms with van der Waals surface area (Å²) >= 11 is 6.65. The quantitative estimate of drug-likeness (QED) is 0.310. The minimum atomic E-state index is -0.760. The number of nitrogens with zero attached hydrogens (tertiary/aromatic N) is 1. The number of benzene rings is 3. The lowest BCUT2D eigenvalue weighted by atomic mass is 9.73. The van der Waals surface area contributed by atoms with Crippen LogP contribution in [0.5, 0.6) is 17.2 Å². The standard InChI is InChI=1S/C32H31ClN2O5/c1-18-12-14-19(15-13-18)30(37)29-27(20-16-25(38-2)31(40-4)26(17-20)39-3)28-23(10-7-11-24(28)36)35(32(29)34)22-9-6-5-8-21(22)33/h5-6,8-9,12-17,27,34,37H,7,10-11H2,1-4H3. The van der Waals surface area contributed by atoms with Gasteiger partial charge in [0.2, 0.25) is 5.75 Å². The second-order valence-corrected chi connectivity index (χ2v) is 10.2. The smallest absolute Gasteiger partial charge is 0.203 e. The van der Waals surface area contributed by atoms with Gasteiger partial charge in [0.1, 0.15) is 11.6 Å². The molecule has 1 unspecified atom stereocenters. The fraction of sp³-hybridized carbons (Fsp3) is 0.250. The summed E-state index contributed by atoms with van der Waals surface area (Å²) in [5.41, 5.74) is 4.29. The van der Waals surface area contributed by atoms with E-state index >= 15 is 0 Å². The zero-order chi connectivity index (χ0) is 28.6. The van der Waals surface area contributed by atoms with Crippen molar-refractivity contribution in [3.8, 4) is 17.2 Å². The fourth-order valence-corrected chi connectivity index (χ4v) is 5.78. The molecule has 0 saturated heterocycles. The molecule has 1 atom stereocenters. The average Bonchev–Trinajstić information content (AvgIpc) is 2.96. The van der Waals surface area contributed by atoms with E-state index in [-0.39, 0.29) is 23.0 Å². The predicted molar refractivity (Wildman–Crippen MR) is 157 cm³/mol. The molecule has 0 radical (unpaired) electrons. The van der Waals surface area contributed by atoms with E-state index in [2.05, 4.69) is 0 Å². The first-order valence-corrected chi connectivity index (χ1v) is 13.4. The van der Waals surface area contributed by atoms with E-state index in [9.17, 15) is 15.3 Å². The molecule has 1 heterocycles. The molecule has 8 heteroatoms. The van der Waals surface area contributed by atoms with Crippen molar-refractivity contribution < 1.29 is 24.1 Å². The Labute approximate surface area is 238 Å². The van der Waals surface area contributed by atoms with Gasteiger partial charge in [-0.05, 0) is 49.6 Å². The minimum absolute atomic E-state index is 0.0402. The number of halogens is 1. The van der Waals surface area contributed by atoms with Gasteiger partial charge in [0.25, 0.3) is 0 Å². The van der Waals surface area contributed by atoms with Crippen molar-refractivity contribution in [1.82, 2.24) is 0 Å². The SMILES string of the molecule is COc1cc(C2C(=C(O)c3ccc(C)cc3)C(=N)N(c3ccccc3Cl)C3=C2C(=O)CCC3)cc(OC)c1OC. The van der Waals surface area contributed by atoms with E-state index in [1.807, 2.05) is 49.4 Å². The van der Waals surface area contributed by atoms with Gasteiger partial charge in [-0.3, -0.25) is 15.1 Å². The number of carbonyl (C=O) groups is 1. The van der Waals surface area contributed by atoms with Gasteiger partial charge in [0.05, 0.1) is 32.0 Å². The number of allylic oxidation sites excluding steroid dienone is 2. The van der Waals surface area contributed by atoms with Crippen LogP contribution in [0.3, 0.4) is 0 Å². The van der Waals surface area contributed by atoms with Crippen molar-refractivity contribution in [2.24, 2.45) is 0 Å². The van der Waals surface area contributed by atoms with Crippen LogP contribution in [0.15, 0.2) is 77.5 Å². The Balaban J connectivity index is 1.88. The average molecular weight is 559 g/mol. The van der Waals surface area contributed by atoms with Crippen LogP contribution < -0.4 is 19.1 Å². The Kier molecular flexibility index (Phi) is 7.59. The van der Waals surface area contributed by atoms with Crippen LogP contribution in [-0.2, 0) is 4.79 Å². The van der Waals surface area contributed by atoms with Crippen molar-refractivity contribution in [2.75, 3.05) is 26.2 Å². The molecule has 40 heavy (non-hydrogen) atoms. The first kappa shape index (κ1) is 27.3. The van der Waals surface area contributed by atoms with Crippen LogP contribution in [0.4, 0.5) is 5.69 Å². The molecule has 1 aliphatic carbocycles. The lowest BCUT2D eigenvalue weighted by molar-refractivity contribution is -0.116. The highest BCUT2D eigenvalue weighted by Gasteiger charge is 2.44. The second-order valence-electron chi connectivity index (χ2n) is 9.79. The number of rotatable bonds is 6. The minimum Gasteiger partial charge on any atom is -0.507 e. The summed E-state index contributed by atoms with van der Waals surface area (Å²) in [5, 5.41) is 21.8. The van der Waals surface area contributed by atoms with Crippen LogP contribution in [-0.4, -0.2) is 38.1 Å². The van der Waals surface area contributed by atoms with E-state index in [4.69, 9.17) is 25.8 Å². The van der Waals surface area contributed by atoms with E-state index in [0.717, 1.165) is 5.56 Å². The third-order valence-electron chi connectivity index (χ3n) is 7.45. The number of nitrogens with one attached hydrogen (secondary N) is 1. The molecule has 7 nitrogen and oxygen atoms in total. The highest BCUT2D eigenvalue weighted by atomic mass is 35.5. The second kappa shape index (κ2) is 11.1. The maximum Gasteiger partial charge on any atom is 0.203 e. The third-order valence-corrected chi connectivity index (χ3v) is 7.77. The molecule has 0 saturated carbocycles. The third kappa shape index (κ3) is 4.60. The van der Waals surface area contributed by atoms with E-state index in [1.54, 1.807) is 23.1 Å². The molecule has 0 aromatic heterocycles. The Bertz CT molecular complexity index is 1530. The molecular formula is C32H31ClN2O5. The van der Waals surface area contributed by atoms with Crippen LogP contribution in [0, 0.1) is 12.3 Å². The van der Waals surface area contributed by atoms with Gasteiger partial charge >= 0.3 is 0 Å². The monoisotopic (exact) mass is 558 g/mol. The topological polar surface area (TPSA) is 92.1 Å². The van der Waals surface area contributed by atoms with Crippen molar-refractivity contribution in [3.63, 3.8) is 0 Å². The maximum absolute atomic E-state index is 13.8. The first-order valence-electron chi connectivity index (χ1n) is 13.0. The first-order chi connectivity index (χ1) is 19.3. The number of para-hydroxylation sites is 1. The van der Waals surface area contributed by atoms with Gasteiger partial charge in [0, 0.05) is 34.7 Å². The van der Waals surface area contributed by atoms with Crippen LogP contribution in [0.25, 0.3) is 5.76 Å². The van der Waals surface area contributed by atoms with Crippen LogP contribution >= 0.6 is 11.6 Å². The number of aliphatic hydroxyl groups excluding tert-OH is 1. The molecule has 0 fully saturated rings. The van der Waals surface area contributed by atoms with E-state index in [1.165, 1.54) is 21.3 Å². The number of aliphatic hydroxyl groups is 1. The van der Waals surface area contributed by atoms with E-state index < -0.39 is 5.92 Å². The zero-order valence-electron chi connectivity index (χ0n) is 22.9. The fourth-order valence-electron chi connectivity index (χ4n) is 5.56. The summed E-state index contributed by atoms with van der Waals surface area (Å²) in [7, 11) is 4.58. The Morgan fingerprint density at radius 2 is 1.62 bits per heavy atom. The van der Waals surface area contributed by atoms with Crippen molar-refractivity contribution in [1.29, 1.82) is 5.41 Å². The number of methoxy groups -OCH3 is 3. The lowest BCUT2D eigenvalue weighted by Gasteiger charge is -2.42. The molecule has 2 aliphatic rings. The molecule has 2 N–H and O–H groups in total. The summed E-state index contributed by atoms with van der Waals surface area (Å²) in [6, 6.07) is 18.2. The summed E-state index contributed by atoms with van der Waals surface area (Å²) in [6.07, 6.45) is 1.59. The summed E-state index contributed by atoms with van der Waals surface area (Å²) in [5.74, 6) is 0.384. The van der Waals surface area contributed by atoms with Gasteiger partial charge in [-0.2, -0.15) is 0 Å². The van der Waals surface area contributed by atoms with Crippen molar-refractivity contribution in [3.05, 3.63) is 99.2 Å². The number of anilines is 1. The number of hydrogen-bond acceptors (Lipinski definition) is 6. The van der Waals surface area contributed by atoms with Crippen LogP contribution in [0.2, 0.25) is 5.02 Å². The van der Waals surface area contributed by atoms with Crippen molar-refractivity contribution in [2.45, 2.75) is 32.1 Å². The maximum atomic E-state index is 13.8. The van der Waals surface area contributed by atoms with Gasteiger partial charge in [0.15, 0.2) is 17.3 Å². The largest absolute Gasteiger partial charge is 0.507 e. The Hall–Kier alpha value is -4.23. The number of Topliss-reactive ketones (excluding diaryl/α,β-unsaturated/α-hetero) is 1. The number of carbonyl (C=O) groups excluding carboxylic acids is 1. The lowest BCUT2D eigenvalue weighted by Crippen LogP contribution is -2.42. The molecule has 1 aliphatic heterocycles. The van der Waals surface area contributed by atoms with Crippen LogP contribution in [0.1, 0.15) is 41.9 Å². The van der Waals surface area contributed by atoms with Gasteiger partial charge < -0.3 is 19.3 Å². The van der Waals surface area contributed by atoms with Gasteiger partial charge in [-0.15, -0.1) is 0 Å². The normalized spacial score (nSPS) is 18.4. The van der Waals surface area contributed by atoms with Crippen molar-refractivity contribution >= 4 is 34.7 Å². The summed E-state index contributed by atoms with van der Waals surface area (Å²) in [6.45, 7) is 1.96. The molecule has 3 aromatic rings. The molecular weight excluding hydrogens is 528 g/mol. The number of aryl methyl sites for hydroxylation is 1. The molecule has 206 valence electrons. The number of amidine groups is 1. The molecule has 0 amide bonds. The molecule has 0 spiro atoms. The van der Waals surface area contributed by atoms with E-state index in [0.29, 0.717) is 69.6 Å².